The van der Waals surface area contributed by atoms with Crippen LogP contribution in [0.1, 0.15) is 90.3 Å². The van der Waals surface area contributed by atoms with Crippen LogP contribution >= 0.6 is 0 Å². The van der Waals surface area contributed by atoms with E-state index in [2.05, 4.69) is 46.8 Å². The van der Waals surface area contributed by atoms with Crippen LogP contribution < -0.4 is 4.74 Å². The average molecular weight is 387 g/mol. The summed E-state index contributed by atoms with van der Waals surface area (Å²) in [6, 6.07) is 4.34. The molecule has 0 spiro atoms. The summed E-state index contributed by atoms with van der Waals surface area (Å²) in [7, 11) is 0. The van der Waals surface area contributed by atoms with Crippen molar-refractivity contribution in [1.82, 2.24) is 0 Å². The van der Waals surface area contributed by atoms with E-state index in [0.29, 0.717) is 11.7 Å². The van der Waals surface area contributed by atoms with Crippen molar-refractivity contribution < 1.29 is 19.1 Å². The second-order valence-electron chi connectivity index (χ2n) is 9.93. The van der Waals surface area contributed by atoms with E-state index in [1.54, 1.807) is 0 Å². The lowest BCUT2D eigenvalue weighted by atomic mass is 9.49. The van der Waals surface area contributed by atoms with Gasteiger partial charge in [0.05, 0.1) is 0 Å². The number of esters is 2. The van der Waals surface area contributed by atoms with Gasteiger partial charge >= 0.3 is 11.9 Å². The first-order chi connectivity index (χ1) is 12.9. The molecule has 0 aliphatic heterocycles. The number of carbonyl (C=O) groups is 2. The van der Waals surface area contributed by atoms with Crippen LogP contribution in [0.4, 0.5) is 0 Å². The number of fused-ring (bicyclic) bond motifs is 3. The molecule has 0 N–H and O–H groups in total. The molecule has 1 saturated carbocycles. The minimum Gasteiger partial charge on any atom is -0.463 e. The molecule has 2 aliphatic rings. The molecule has 4 nitrogen and oxygen atoms in total. The normalized spacial score (nSPS) is 28.3. The molecule has 0 bridgehead atoms. The van der Waals surface area contributed by atoms with Crippen molar-refractivity contribution in [3.63, 3.8) is 0 Å². The first kappa shape index (κ1) is 20.9. The van der Waals surface area contributed by atoms with Crippen molar-refractivity contribution in [2.24, 2.45) is 11.3 Å². The fraction of sp³-hybridized carbons (Fsp3) is 0.667. The summed E-state index contributed by atoms with van der Waals surface area (Å²) in [5, 5.41) is 0. The van der Waals surface area contributed by atoms with Crippen molar-refractivity contribution in [2.45, 2.75) is 91.6 Å². The maximum atomic E-state index is 11.7. The van der Waals surface area contributed by atoms with Crippen LogP contribution in [0.2, 0.25) is 0 Å². The Hall–Kier alpha value is -1.84. The Bertz CT molecular complexity index is 792. The molecule has 1 fully saturated rings. The smallest absolute Gasteiger partial charge is 0.308 e. The quantitative estimate of drug-likeness (QED) is 0.522. The molecule has 4 heteroatoms. The van der Waals surface area contributed by atoms with E-state index in [4.69, 9.17) is 9.47 Å². The van der Waals surface area contributed by atoms with E-state index in [0.717, 1.165) is 31.2 Å². The third-order valence-corrected chi connectivity index (χ3v) is 6.88. The molecule has 0 amide bonds. The first-order valence-electron chi connectivity index (χ1n) is 10.5. The Morgan fingerprint density at radius 1 is 1.07 bits per heavy atom. The zero-order valence-corrected chi connectivity index (χ0v) is 18.3. The van der Waals surface area contributed by atoms with E-state index in [1.807, 2.05) is 0 Å². The van der Waals surface area contributed by atoms with E-state index in [-0.39, 0.29) is 34.8 Å². The Labute approximate surface area is 169 Å². The molecule has 28 heavy (non-hydrogen) atoms. The second-order valence-corrected chi connectivity index (χ2v) is 9.93. The Kier molecular flexibility index (Phi) is 5.37. The number of rotatable bonds is 3. The summed E-state index contributed by atoms with van der Waals surface area (Å²) in [4.78, 5) is 23.4. The molecule has 1 aromatic rings. The van der Waals surface area contributed by atoms with Crippen LogP contribution in [0.15, 0.2) is 12.1 Å². The maximum absolute atomic E-state index is 11.7. The van der Waals surface area contributed by atoms with Gasteiger partial charge in [-0.05, 0) is 71.1 Å². The predicted octanol–water partition coefficient (Wildman–Crippen LogP) is 5.31. The first-order valence-corrected chi connectivity index (χ1v) is 10.5. The van der Waals surface area contributed by atoms with Gasteiger partial charge < -0.3 is 9.47 Å². The van der Waals surface area contributed by atoms with Gasteiger partial charge in [-0.2, -0.15) is 0 Å². The van der Waals surface area contributed by atoms with Gasteiger partial charge in [0.2, 0.25) is 0 Å². The van der Waals surface area contributed by atoms with Crippen LogP contribution in [0, 0.1) is 11.3 Å². The van der Waals surface area contributed by atoms with Crippen LogP contribution in [0.5, 0.6) is 5.75 Å². The van der Waals surface area contributed by atoms with Crippen LogP contribution in [-0.4, -0.2) is 18.0 Å². The third kappa shape index (κ3) is 3.70. The molecule has 154 valence electrons. The fourth-order valence-electron chi connectivity index (χ4n) is 5.98. The van der Waals surface area contributed by atoms with Crippen LogP contribution in [-0.2, 0) is 26.2 Å². The van der Waals surface area contributed by atoms with Crippen molar-refractivity contribution >= 4 is 11.9 Å². The molecule has 2 aliphatic carbocycles. The van der Waals surface area contributed by atoms with E-state index < -0.39 is 0 Å². The number of hydrogen-bond acceptors (Lipinski definition) is 4. The van der Waals surface area contributed by atoms with Crippen molar-refractivity contribution in [3.05, 3.63) is 28.8 Å². The highest BCUT2D eigenvalue weighted by atomic mass is 16.5. The zero-order valence-electron chi connectivity index (χ0n) is 18.3. The minimum absolute atomic E-state index is 0.0725. The van der Waals surface area contributed by atoms with Gasteiger partial charge in [0.1, 0.15) is 11.9 Å². The molecule has 0 saturated heterocycles. The average Bonchev–Trinajstić information content (AvgIpc) is 2.52. The van der Waals surface area contributed by atoms with Gasteiger partial charge in [-0.25, -0.2) is 0 Å². The highest BCUT2D eigenvalue weighted by Crippen LogP contribution is 2.58. The zero-order chi connectivity index (χ0) is 20.9. The monoisotopic (exact) mass is 386 g/mol. The number of benzene rings is 1. The van der Waals surface area contributed by atoms with Crippen molar-refractivity contribution in [1.29, 1.82) is 0 Å². The highest BCUT2D eigenvalue weighted by molar-refractivity contribution is 5.70. The number of hydrogen-bond donors (Lipinski definition) is 0. The van der Waals surface area contributed by atoms with E-state index in [9.17, 15) is 9.59 Å². The molecular weight excluding hydrogens is 352 g/mol. The summed E-state index contributed by atoms with van der Waals surface area (Å²) >= 11 is 0. The Morgan fingerprint density at radius 2 is 1.75 bits per heavy atom. The topological polar surface area (TPSA) is 52.6 Å². The Morgan fingerprint density at radius 3 is 2.32 bits per heavy atom. The van der Waals surface area contributed by atoms with E-state index in [1.165, 1.54) is 25.0 Å². The lowest BCUT2D eigenvalue weighted by Gasteiger charge is -2.56. The summed E-state index contributed by atoms with van der Waals surface area (Å²) in [5.41, 5.74) is 3.65. The predicted molar refractivity (Wildman–Crippen MR) is 110 cm³/mol. The molecule has 0 heterocycles. The van der Waals surface area contributed by atoms with Crippen LogP contribution in [0.3, 0.4) is 0 Å². The molecule has 3 unspecified atom stereocenters. The number of aryl methyl sites for hydroxylation is 1. The van der Waals surface area contributed by atoms with Gasteiger partial charge in [0, 0.05) is 13.8 Å². The summed E-state index contributed by atoms with van der Waals surface area (Å²) in [6.07, 6.45) is 3.80. The lowest BCUT2D eigenvalue weighted by molar-refractivity contribution is -0.154. The van der Waals surface area contributed by atoms with E-state index >= 15 is 0 Å². The molecule has 3 rings (SSSR count). The van der Waals surface area contributed by atoms with Crippen molar-refractivity contribution in [2.75, 3.05) is 0 Å². The maximum Gasteiger partial charge on any atom is 0.308 e. The van der Waals surface area contributed by atoms with Gasteiger partial charge in [-0.1, -0.05) is 40.7 Å². The minimum atomic E-state index is -0.291. The van der Waals surface area contributed by atoms with Gasteiger partial charge in [0.15, 0.2) is 0 Å². The molecule has 0 radical (unpaired) electrons. The summed E-state index contributed by atoms with van der Waals surface area (Å²) in [5.74, 6) is 0.947. The number of ether oxygens (including phenoxy) is 2. The van der Waals surface area contributed by atoms with Gasteiger partial charge in [0.25, 0.3) is 0 Å². The van der Waals surface area contributed by atoms with Crippen LogP contribution in [0.25, 0.3) is 0 Å². The molecule has 3 atom stereocenters. The molecular formula is C24H34O4. The second kappa shape index (κ2) is 7.20. The van der Waals surface area contributed by atoms with Gasteiger partial charge in [-0.3, -0.25) is 9.59 Å². The third-order valence-electron chi connectivity index (χ3n) is 6.88. The molecule has 1 aromatic carbocycles. The van der Waals surface area contributed by atoms with Crippen molar-refractivity contribution in [3.8, 4) is 5.75 Å². The number of carbonyl (C=O) groups excluding carboxylic acids is 2. The lowest BCUT2D eigenvalue weighted by Crippen LogP contribution is -2.52. The SMILES string of the molecule is CC(=O)Oc1cc2c(cc1C(C)C)CCC1C(C)(C)CC(OC(C)=O)CC21C. The highest BCUT2D eigenvalue weighted by Gasteiger charge is 2.53. The largest absolute Gasteiger partial charge is 0.463 e. The summed E-state index contributed by atoms with van der Waals surface area (Å²) < 4.78 is 11.3. The standard InChI is InChI=1S/C24H34O4/c1-14(2)19-10-17-8-9-22-23(5,6)12-18(27-15(3)25)13-24(22,7)20(17)11-21(19)28-16(4)26/h10-11,14,18,22H,8-9,12-13H2,1-7H3. The Balaban J connectivity index is 2.12. The van der Waals surface area contributed by atoms with Gasteiger partial charge in [-0.15, -0.1) is 0 Å². The fourth-order valence-corrected chi connectivity index (χ4v) is 5.98. The molecule has 0 aromatic heterocycles. The summed E-state index contributed by atoms with van der Waals surface area (Å²) in [6.45, 7) is 14.1.